The molecule has 0 aliphatic carbocycles. The molecule has 2 rings (SSSR count). The Morgan fingerprint density at radius 1 is 0.818 bits per heavy atom. The van der Waals surface area contributed by atoms with Gasteiger partial charge in [0.05, 0.1) is 24.2 Å². The number of phenolic OH excluding ortho intramolecular Hbond substituents is 1. The molecule has 7 amide bonds. The molecule has 0 radical (unpaired) electrons. The fraction of sp³-hybridized carbons (Fsp3) is 0.628. The Labute approximate surface area is 384 Å². The minimum atomic E-state index is -1.60. The van der Waals surface area contributed by atoms with Gasteiger partial charge >= 0.3 is 5.97 Å². The number of amides is 7. The number of nitrogens with zero attached hydrogens (tertiary/aromatic N) is 2. The molecule has 23 nitrogen and oxygen atoms in total. The number of hydrogen-bond donors (Lipinski definition) is 12. The number of ketones is 1. The van der Waals surface area contributed by atoms with Crippen LogP contribution in [0.1, 0.15) is 92.1 Å². The highest BCUT2D eigenvalue weighted by atomic mass is 16.4. The van der Waals surface area contributed by atoms with Gasteiger partial charge in [0.2, 0.25) is 41.4 Å². The number of likely N-dealkylation sites (tertiary alicyclic amines) is 1. The molecule has 16 N–H and O–H groups in total. The lowest BCUT2D eigenvalue weighted by Gasteiger charge is -2.32. The number of nitrogens with two attached hydrogens (primary N) is 4. The molecule has 1 fully saturated rings. The molecule has 0 unspecified atom stereocenters. The molecule has 0 spiro atoms. The Bertz CT molecular complexity index is 1910. The highest BCUT2D eigenvalue weighted by Gasteiger charge is 2.42. The summed E-state index contributed by atoms with van der Waals surface area (Å²) < 4.78 is 0. The predicted octanol–water partition coefficient (Wildman–Crippen LogP) is -2.63. The van der Waals surface area contributed by atoms with Gasteiger partial charge in [0, 0.05) is 44.7 Å². The summed E-state index contributed by atoms with van der Waals surface area (Å²) in [6, 6.07) is -2.70. The molecule has 1 aliphatic rings. The summed E-state index contributed by atoms with van der Waals surface area (Å²) in [6.45, 7) is 9.57. The summed E-state index contributed by atoms with van der Waals surface area (Å²) in [4.78, 5) is 123. The molecule has 1 aromatic carbocycles. The van der Waals surface area contributed by atoms with E-state index in [1.165, 1.54) is 43.0 Å². The molecular weight excluding hydrogens is 863 g/mol. The number of carbonyl (C=O) groups excluding carboxylic acids is 8. The third kappa shape index (κ3) is 18.6. The number of primary amides is 1. The van der Waals surface area contributed by atoms with Crippen molar-refractivity contribution in [3.05, 3.63) is 29.8 Å². The van der Waals surface area contributed by atoms with E-state index in [4.69, 9.17) is 22.9 Å². The average Bonchev–Trinajstić information content (AvgIpc) is 3.57. The van der Waals surface area contributed by atoms with E-state index in [9.17, 15) is 58.5 Å². The molecule has 9 atom stereocenters. The number of aliphatic hydroxyl groups excluding tert-OH is 1. The summed E-state index contributed by atoms with van der Waals surface area (Å²) in [6.07, 6.45) is -2.39. The van der Waals surface area contributed by atoms with Crippen LogP contribution in [0.5, 0.6) is 5.75 Å². The highest BCUT2D eigenvalue weighted by molar-refractivity contribution is 5.97. The molecule has 0 aromatic heterocycles. The van der Waals surface area contributed by atoms with Gasteiger partial charge in [0.15, 0.2) is 11.7 Å². The van der Waals surface area contributed by atoms with Gasteiger partial charge in [-0.2, -0.15) is 0 Å². The van der Waals surface area contributed by atoms with Gasteiger partial charge in [0.1, 0.15) is 29.9 Å². The van der Waals surface area contributed by atoms with Crippen LogP contribution in [-0.4, -0.2) is 141 Å². The maximum Gasteiger partial charge on any atom is 0.303 e. The number of benzene rings is 1. The molecule has 1 aliphatic heterocycles. The number of carboxylic acid groups (broad SMARTS) is 1. The van der Waals surface area contributed by atoms with Crippen LogP contribution < -0.4 is 49.5 Å². The molecule has 1 aromatic rings. The smallest absolute Gasteiger partial charge is 0.303 e. The van der Waals surface area contributed by atoms with Crippen molar-refractivity contribution in [3.8, 4) is 5.75 Å². The van der Waals surface area contributed by atoms with Crippen LogP contribution in [0.25, 0.3) is 0 Å². The monoisotopic (exact) mass is 932 g/mol. The van der Waals surface area contributed by atoms with Crippen LogP contribution in [-0.2, 0) is 49.6 Å². The number of Topliss-reactive ketones (excluding diaryl/α,β-unsaturated/α-hetero) is 1. The van der Waals surface area contributed by atoms with E-state index < -0.39 is 126 Å². The number of phenols is 1. The van der Waals surface area contributed by atoms with Crippen molar-refractivity contribution in [2.75, 3.05) is 13.1 Å². The lowest BCUT2D eigenvalue weighted by molar-refractivity contribution is -0.141. The second-order valence-corrected chi connectivity index (χ2v) is 17.5. The van der Waals surface area contributed by atoms with Gasteiger partial charge in [-0.3, -0.25) is 48.1 Å². The predicted molar refractivity (Wildman–Crippen MR) is 240 cm³/mol. The van der Waals surface area contributed by atoms with Crippen molar-refractivity contribution in [2.45, 2.75) is 141 Å². The van der Waals surface area contributed by atoms with Crippen molar-refractivity contribution >= 4 is 59.1 Å². The van der Waals surface area contributed by atoms with E-state index in [0.717, 1.165) is 0 Å². The number of carbonyl (C=O) groups is 9. The standard InChI is InChI=1S/C43H69N11O12/c1-21(2)16-26(38(62)49-23(5)37(45)61)18-32(57)30(13-14-34(59)60)51-42(66)36(22(3)4)54-20-27(19-33(54)58)50-41(65)35(24(6)55)53-40(64)31(17-25-9-11-28(56)12-10-25)52-39(63)29(44)8-7-15-48-43(46)47/h9-12,21-24,26-27,29-31,35-36,55-56H,7-8,13-20,44H2,1-6H3,(H2,45,61)(H,49,62)(H,50,65)(H,51,66)(H,52,63)(H,53,64)(H,59,60)(H4,46,47,48)/t23-,24-,26+,27+,29-,30-,31-,35-,36-/m1/s1. The van der Waals surface area contributed by atoms with Gasteiger partial charge in [-0.1, -0.05) is 39.8 Å². The largest absolute Gasteiger partial charge is 0.508 e. The van der Waals surface area contributed by atoms with Crippen LogP contribution in [0.3, 0.4) is 0 Å². The zero-order valence-corrected chi connectivity index (χ0v) is 38.5. The van der Waals surface area contributed by atoms with E-state index >= 15 is 0 Å². The molecule has 66 heavy (non-hydrogen) atoms. The van der Waals surface area contributed by atoms with Crippen LogP contribution >= 0.6 is 0 Å². The molecule has 1 saturated heterocycles. The quantitative estimate of drug-likeness (QED) is 0.0232. The summed E-state index contributed by atoms with van der Waals surface area (Å²) in [5.74, 6) is -8.83. The fourth-order valence-electron chi connectivity index (χ4n) is 7.34. The SMILES string of the molecule is CC(C)C[C@@H](CC(=O)[C@@H](CCC(=O)O)NC(=O)[C@@H](C(C)C)N1C[C@@H](NC(=O)[C@H](NC(=O)[C@@H](Cc2ccc(O)cc2)NC(=O)[C@H](N)CCCN=C(N)N)[C@@H](C)O)CC1=O)C(=O)N[C@H](C)C(N)=O. The van der Waals surface area contributed by atoms with Gasteiger partial charge in [-0.15, -0.1) is 0 Å². The number of aromatic hydroxyl groups is 1. The lowest BCUT2D eigenvalue weighted by atomic mass is 9.88. The first-order valence-electron chi connectivity index (χ1n) is 21.9. The van der Waals surface area contributed by atoms with Gasteiger partial charge < -0.3 is 69.7 Å². The van der Waals surface area contributed by atoms with Crippen LogP contribution in [0.15, 0.2) is 29.3 Å². The molecule has 23 heteroatoms. The summed E-state index contributed by atoms with van der Waals surface area (Å²) in [7, 11) is 0. The minimum Gasteiger partial charge on any atom is -0.508 e. The number of aliphatic carboxylic acids is 1. The van der Waals surface area contributed by atoms with Crippen LogP contribution in [0.4, 0.5) is 0 Å². The maximum absolute atomic E-state index is 14.0. The fourth-order valence-corrected chi connectivity index (χ4v) is 7.34. The van der Waals surface area contributed by atoms with E-state index in [1.807, 2.05) is 13.8 Å². The van der Waals surface area contributed by atoms with Gasteiger partial charge in [0.25, 0.3) is 0 Å². The third-order valence-corrected chi connectivity index (χ3v) is 10.8. The van der Waals surface area contributed by atoms with E-state index in [0.29, 0.717) is 12.0 Å². The second kappa shape index (κ2) is 26.6. The summed E-state index contributed by atoms with van der Waals surface area (Å²) in [5.41, 5.74) is 22.6. The average molecular weight is 932 g/mol. The van der Waals surface area contributed by atoms with Crippen molar-refractivity contribution in [3.63, 3.8) is 0 Å². The number of hydrogen-bond acceptors (Lipinski definition) is 13. The highest BCUT2D eigenvalue weighted by Crippen LogP contribution is 2.23. The normalized spacial score (nSPS) is 17.3. The Balaban J connectivity index is 2.26. The first kappa shape index (κ1) is 55.8. The second-order valence-electron chi connectivity index (χ2n) is 17.5. The Morgan fingerprint density at radius 2 is 1.44 bits per heavy atom. The van der Waals surface area contributed by atoms with E-state index in [1.54, 1.807) is 13.8 Å². The third-order valence-electron chi connectivity index (χ3n) is 10.8. The lowest BCUT2D eigenvalue weighted by Crippen LogP contribution is -2.60. The minimum absolute atomic E-state index is 0.0418. The summed E-state index contributed by atoms with van der Waals surface area (Å²) in [5, 5.41) is 42.7. The number of carboxylic acids is 1. The first-order chi connectivity index (χ1) is 30.8. The molecule has 1 heterocycles. The van der Waals surface area contributed by atoms with Gasteiger partial charge in [-0.05, 0) is 69.1 Å². The first-order valence-corrected chi connectivity index (χ1v) is 21.9. The molecular formula is C43H69N11O12. The number of guanidine groups is 1. The van der Waals surface area contributed by atoms with E-state index in [2.05, 4.69) is 31.6 Å². The number of aliphatic hydroxyl groups is 1. The number of nitrogens with one attached hydrogen (secondary N) is 5. The Kier molecular flexibility index (Phi) is 22.4. The van der Waals surface area contributed by atoms with E-state index in [-0.39, 0.29) is 62.8 Å². The molecule has 0 saturated carbocycles. The number of aliphatic imine (C=N–C) groups is 1. The topological polar surface area (TPSA) is 394 Å². The van der Waals surface area contributed by atoms with Crippen molar-refractivity contribution in [2.24, 2.45) is 45.7 Å². The molecule has 368 valence electrons. The molecule has 0 bridgehead atoms. The summed E-state index contributed by atoms with van der Waals surface area (Å²) >= 11 is 0. The number of rotatable bonds is 28. The van der Waals surface area contributed by atoms with Crippen molar-refractivity contribution in [1.29, 1.82) is 0 Å². The zero-order chi connectivity index (χ0) is 50.0. The Hall–Kier alpha value is -6.36. The van der Waals surface area contributed by atoms with Crippen molar-refractivity contribution < 1.29 is 58.5 Å². The van der Waals surface area contributed by atoms with Gasteiger partial charge in [-0.25, -0.2) is 0 Å². The van der Waals surface area contributed by atoms with Crippen LogP contribution in [0, 0.1) is 17.8 Å². The van der Waals surface area contributed by atoms with Crippen molar-refractivity contribution in [1.82, 2.24) is 31.5 Å². The zero-order valence-electron chi connectivity index (χ0n) is 38.5. The Morgan fingerprint density at radius 3 is 1.98 bits per heavy atom. The van der Waals surface area contributed by atoms with Crippen LogP contribution in [0.2, 0.25) is 0 Å². The maximum atomic E-state index is 14.0.